The van der Waals surface area contributed by atoms with E-state index in [0.29, 0.717) is 0 Å². The molecule has 0 aromatic heterocycles. The average molecular weight is 555 g/mol. The van der Waals surface area contributed by atoms with E-state index in [1.807, 2.05) is 58.9 Å². The first-order valence-corrected chi connectivity index (χ1v) is 28.8. The van der Waals surface area contributed by atoms with Gasteiger partial charge < -0.3 is 26.9 Å². The third kappa shape index (κ3) is 15.6. The number of carbonyl (C=O) groups is 2. The molecule has 196 valence electrons. The second-order valence-corrected chi connectivity index (χ2v) is 35.7. The summed E-state index contributed by atoms with van der Waals surface area (Å²) in [5.41, 5.74) is 0. The molecular formula is C21H50O7Si5. The summed E-state index contributed by atoms with van der Waals surface area (Å²) in [5, 5.41) is 0. The van der Waals surface area contributed by atoms with Crippen molar-refractivity contribution >= 4 is 53.8 Å². The van der Waals surface area contributed by atoms with Gasteiger partial charge in [-0.1, -0.05) is 0 Å². The van der Waals surface area contributed by atoms with Crippen LogP contribution in [0.15, 0.2) is 0 Å². The van der Waals surface area contributed by atoms with Crippen LogP contribution in [0.3, 0.4) is 0 Å². The van der Waals surface area contributed by atoms with Gasteiger partial charge in [-0.3, -0.25) is 4.79 Å². The van der Waals surface area contributed by atoms with Crippen molar-refractivity contribution in [2.75, 3.05) is 0 Å². The number of rotatable bonds is 14. The summed E-state index contributed by atoms with van der Waals surface area (Å²) in [6.45, 7) is 30.4. The molecule has 0 aliphatic heterocycles. The number of aldehydes is 1. The summed E-state index contributed by atoms with van der Waals surface area (Å²) >= 11 is 0. The van der Waals surface area contributed by atoms with Gasteiger partial charge in [-0.05, 0) is 98.2 Å². The molecule has 0 aliphatic carbocycles. The van der Waals surface area contributed by atoms with Crippen LogP contribution in [0.2, 0.25) is 98.2 Å². The van der Waals surface area contributed by atoms with Crippen molar-refractivity contribution in [1.29, 1.82) is 0 Å². The van der Waals surface area contributed by atoms with Crippen molar-refractivity contribution in [3.05, 3.63) is 0 Å². The highest BCUT2D eigenvalue weighted by atomic mass is 28.4. The lowest BCUT2D eigenvalue weighted by molar-refractivity contribution is -0.156. The lowest BCUT2D eigenvalue weighted by Crippen LogP contribution is -2.61. The zero-order valence-corrected chi connectivity index (χ0v) is 28.7. The predicted octanol–water partition coefficient (Wildman–Crippen LogP) is 5.44. The number of carbonyl (C=O) groups excluding carboxylic acids is 2. The minimum atomic E-state index is -2.21. The SMILES string of the molecule is C[Si](C)(C)OC(=O)[C@H](O[Si](C)(C)C)[C@H](O[Si](C)(C)C)[C@@H](O[Si](C)(C)C)[C@@H](C=O)O[Si](C)(C)C. The highest BCUT2D eigenvalue weighted by Crippen LogP contribution is 2.28. The second-order valence-electron chi connectivity index (χ2n) is 13.4. The Hall–Kier alpha value is 0.0644. The van der Waals surface area contributed by atoms with E-state index in [2.05, 4.69) is 39.3 Å². The summed E-state index contributed by atoms with van der Waals surface area (Å²) in [6, 6.07) is 0. The molecule has 0 unspecified atom stereocenters. The van der Waals surface area contributed by atoms with E-state index in [9.17, 15) is 9.59 Å². The number of hydrogen-bond donors (Lipinski definition) is 0. The third-order valence-electron chi connectivity index (χ3n) is 3.67. The van der Waals surface area contributed by atoms with E-state index in [0.717, 1.165) is 6.29 Å². The number of hydrogen-bond acceptors (Lipinski definition) is 7. The molecule has 0 bridgehead atoms. The fourth-order valence-corrected chi connectivity index (χ4v) is 7.89. The van der Waals surface area contributed by atoms with E-state index < -0.39 is 72.0 Å². The molecule has 4 atom stereocenters. The van der Waals surface area contributed by atoms with Crippen molar-refractivity contribution in [3.63, 3.8) is 0 Å². The summed E-state index contributed by atoms with van der Waals surface area (Å²) < 4.78 is 31.8. The van der Waals surface area contributed by atoms with Crippen LogP contribution in [0.4, 0.5) is 0 Å². The van der Waals surface area contributed by atoms with Gasteiger partial charge in [0.05, 0.1) is 0 Å². The van der Waals surface area contributed by atoms with Crippen molar-refractivity contribution in [1.82, 2.24) is 0 Å². The summed E-state index contributed by atoms with van der Waals surface area (Å²) in [5.74, 6) is -0.443. The smallest absolute Gasteiger partial charge is 0.323 e. The fraction of sp³-hybridized carbons (Fsp3) is 0.905. The maximum absolute atomic E-state index is 13.5. The van der Waals surface area contributed by atoms with Gasteiger partial charge in [0, 0.05) is 0 Å². The topological polar surface area (TPSA) is 80.3 Å². The Morgan fingerprint density at radius 3 is 1.21 bits per heavy atom. The first kappa shape index (κ1) is 33.1. The summed E-state index contributed by atoms with van der Waals surface area (Å²) in [7, 11) is -10.9. The van der Waals surface area contributed by atoms with Gasteiger partial charge in [0.25, 0.3) is 0 Å². The van der Waals surface area contributed by atoms with Gasteiger partial charge in [0.15, 0.2) is 39.4 Å². The normalized spacial score (nSPS) is 17.8. The van der Waals surface area contributed by atoms with Gasteiger partial charge in [-0.15, -0.1) is 0 Å². The summed E-state index contributed by atoms with van der Waals surface area (Å²) in [6.07, 6.45) is -2.66. The second kappa shape index (κ2) is 11.9. The molecule has 0 saturated heterocycles. The van der Waals surface area contributed by atoms with Crippen LogP contribution < -0.4 is 0 Å². The van der Waals surface area contributed by atoms with E-state index in [4.69, 9.17) is 22.1 Å². The van der Waals surface area contributed by atoms with Crippen LogP contribution in [-0.2, 0) is 31.7 Å². The standard InChI is InChI=1S/C21H50O7Si5/c1-29(2,3)24-17(16-22)18(25-30(4,5)6)19(26-31(7,8)9)20(27-32(10,11)12)21(23)28-33(13,14)15/h16-20H,1-15H3/t17-,18+,19-,20-/m1/s1. The molecule has 0 aromatic carbocycles. The molecule has 33 heavy (non-hydrogen) atoms. The van der Waals surface area contributed by atoms with Crippen molar-refractivity contribution in [2.45, 2.75) is 123 Å². The molecule has 0 N–H and O–H groups in total. The van der Waals surface area contributed by atoms with E-state index in [1.54, 1.807) is 0 Å². The highest BCUT2D eigenvalue weighted by Gasteiger charge is 2.48. The first-order valence-electron chi connectivity index (χ1n) is 11.7. The molecule has 0 spiro atoms. The van der Waals surface area contributed by atoms with Crippen LogP contribution in [0, 0.1) is 0 Å². The zero-order valence-electron chi connectivity index (χ0n) is 23.7. The van der Waals surface area contributed by atoms with E-state index >= 15 is 0 Å². The maximum atomic E-state index is 13.5. The Kier molecular flexibility index (Phi) is 11.9. The molecule has 0 saturated carbocycles. The van der Waals surface area contributed by atoms with Crippen LogP contribution in [-0.4, -0.2) is 78.3 Å². The van der Waals surface area contributed by atoms with Gasteiger partial charge in [0.1, 0.15) is 24.6 Å². The maximum Gasteiger partial charge on any atom is 0.323 e. The van der Waals surface area contributed by atoms with Gasteiger partial charge in [-0.25, -0.2) is 0 Å². The van der Waals surface area contributed by atoms with Crippen molar-refractivity contribution in [3.8, 4) is 0 Å². The minimum absolute atomic E-state index is 0.443. The van der Waals surface area contributed by atoms with Gasteiger partial charge >= 0.3 is 5.97 Å². The van der Waals surface area contributed by atoms with Crippen LogP contribution >= 0.6 is 0 Å². The average Bonchev–Trinajstić information content (AvgIpc) is 2.48. The van der Waals surface area contributed by atoms with Crippen molar-refractivity contribution < 1.29 is 31.7 Å². The lowest BCUT2D eigenvalue weighted by Gasteiger charge is -2.43. The Bertz CT molecular complexity index is 640. The monoisotopic (exact) mass is 554 g/mol. The largest absolute Gasteiger partial charge is 0.518 e. The quantitative estimate of drug-likeness (QED) is 0.209. The Balaban J connectivity index is 6.77. The fourth-order valence-electron chi connectivity index (χ4n) is 3.01. The van der Waals surface area contributed by atoms with Crippen LogP contribution in [0.5, 0.6) is 0 Å². The molecule has 0 fully saturated rings. The molecule has 0 rings (SSSR count). The summed E-state index contributed by atoms with van der Waals surface area (Å²) in [4.78, 5) is 25.8. The first-order chi connectivity index (χ1) is 14.3. The van der Waals surface area contributed by atoms with Crippen LogP contribution in [0.25, 0.3) is 0 Å². The Labute approximate surface area is 207 Å². The van der Waals surface area contributed by atoms with E-state index in [1.165, 1.54) is 0 Å². The van der Waals surface area contributed by atoms with E-state index in [-0.39, 0.29) is 0 Å². The lowest BCUT2D eigenvalue weighted by atomic mass is 10.0. The molecule has 0 aromatic rings. The third-order valence-corrected chi connectivity index (χ3v) is 8.38. The zero-order chi connectivity index (χ0) is 26.6. The van der Waals surface area contributed by atoms with Gasteiger partial charge in [-0.2, -0.15) is 0 Å². The molecule has 12 heteroatoms. The minimum Gasteiger partial charge on any atom is -0.518 e. The molecule has 0 amide bonds. The van der Waals surface area contributed by atoms with Gasteiger partial charge in [0.2, 0.25) is 8.32 Å². The molecule has 7 nitrogen and oxygen atoms in total. The highest BCUT2D eigenvalue weighted by molar-refractivity contribution is 6.72. The Morgan fingerprint density at radius 2 is 0.909 bits per heavy atom. The molecular weight excluding hydrogens is 505 g/mol. The molecule has 0 heterocycles. The van der Waals surface area contributed by atoms with Crippen molar-refractivity contribution in [2.24, 2.45) is 0 Å². The molecule has 0 radical (unpaired) electrons. The predicted molar refractivity (Wildman–Crippen MR) is 148 cm³/mol. The molecule has 0 aliphatic rings. The Morgan fingerprint density at radius 1 is 0.545 bits per heavy atom. The van der Waals surface area contributed by atoms with Crippen LogP contribution in [0.1, 0.15) is 0 Å².